The van der Waals surface area contributed by atoms with Crippen LogP contribution in [0.25, 0.3) is 196 Å². The molecule has 0 aliphatic carbocycles. The first-order chi connectivity index (χ1) is 68.4. The molecular formula is C117H90N9O12P3. The Morgan fingerprint density at radius 2 is 0.156 bits per heavy atom. The minimum atomic E-state index is -4.64. The number of para-hydroxylation sites is 18. The average molecular weight is 1910 g/mol. The molecule has 0 saturated heterocycles. The highest BCUT2D eigenvalue weighted by Gasteiger charge is 2.08. The quantitative estimate of drug-likeness (QED) is 0.0503. The molecular weight excluding hydrogens is 1820 g/mol. The highest BCUT2D eigenvalue weighted by atomic mass is 31.2. The lowest BCUT2D eigenvalue weighted by atomic mass is 10.1. The minimum absolute atomic E-state index is 1.06. The van der Waals surface area contributed by atoms with Crippen LogP contribution in [0.5, 0.6) is 0 Å². The summed E-state index contributed by atoms with van der Waals surface area (Å²) in [5.41, 5.74) is 19.1. The van der Waals surface area contributed by atoms with Gasteiger partial charge in [-0.1, -0.05) is 328 Å². The van der Waals surface area contributed by atoms with Gasteiger partial charge in [-0.2, -0.15) is 0 Å². The maximum absolute atomic E-state index is 8.88. The molecule has 24 heteroatoms. The highest BCUT2D eigenvalue weighted by Crippen LogP contribution is 2.31. The minimum Gasteiger partial charge on any atom is -0.303 e. The first-order valence-corrected chi connectivity index (χ1v) is 49.2. The molecule has 0 unspecified atom stereocenters. The number of nitrogens with zero attached hydrogens (tertiary/aromatic N) is 9. The number of hydrogen-bond donors (Lipinski definition) is 9. The zero-order valence-corrected chi connectivity index (χ0v) is 78.1. The van der Waals surface area contributed by atoms with Gasteiger partial charge >= 0.3 is 23.5 Å². The molecule has 27 rings (SSSR count). The number of hydrogen-bond acceptors (Lipinski definition) is 12. The first kappa shape index (κ1) is 97.4. The Morgan fingerprint density at radius 3 is 0.213 bits per heavy atom. The molecule has 0 fully saturated rings. The van der Waals surface area contributed by atoms with Gasteiger partial charge in [0.25, 0.3) is 0 Å². The molecule has 0 amide bonds. The van der Waals surface area contributed by atoms with E-state index < -0.39 is 23.5 Å². The third kappa shape index (κ3) is 28.3. The zero-order valence-electron chi connectivity index (χ0n) is 75.4. The van der Waals surface area contributed by atoms with E-state index in [0.29, 0.717) is 0 Å². The molecule has 690 valence electrons. The second-order valence-corrected chi connectivity index (χ2v) is 35.0. The fourth-order valence-electron chi connectivity index (χ4n) is 15.5. The van der Waals surface area contributed by atoms with Crippen LogP contribution in [0.1, 0.15) is 0 Å². The van der Waals surface area contributed by atoms with Crippen molar-refractivity contribution in [2.75, 3.05) is 0 Å². The number of benzene rings is 18. The van der Waals surface area contributed by atoms with Crippen molar-refractivity contribution < 1.29 is 57.7 Å². The Kier molecular flexibility index (Phi) is 32.1. The molecule has 0 radical (unpaired) electrons. The van der Waals surface area contributed by atoms with Crippen LogP contribution in [0.2, 0.25) is 0 Å². The molecule has 9 aromatic heterocycles. The normalized spacial score (nSPS) is 11.0. The third-order valence-electron chi connectivity index (χ3n) is 21.8. The monoisotopic (exact) mass is 1910 g/mol. The van der Waals surface area contributed by atoms with Crippen LogP contribution in [0.15, 0.2) is 491 Å². The summed E-state index contributed by atoms with van der Waals surface area (Å²) in [6.07, 6.45) is 0. The zero-order chi connectivity index (χ0) is 97.9. The summed E-state index contributed by atoms with van der Waals surface area (Å²) in [5, 5.41) is 21.6. The molecule has 0 aliphatic rings. The predicted octanol–water partition coefficient (Wildman–Crippen LogP) is 27.7. The number of pyridine rings is 9. The topological polar surface area (TPSA) is 349 Å². The van der Waals surface area contributed by atoms with Crippen LogP contribution in [-0.2, 0) is 13.7 Å². The lowest BCUT2D eigenvalue weighted by molar-refractivity contribution is 0.272. The van der Waals surface area contributed by atoms with Gasteiger partial charge in [0.15, 0.2) is 0 Å². The molecule has 18 aromatic carbocycles. The van der Waals surface area contributed by atoms with E-state index in [1.54, 1.807) is 0 Å². The van der Waals surface area contributed by atoms with Crippen molar-refractivity contribution >= 4 is 220 Å². The van der Waals surface area contributed by atoms with Gasteiger partial charge in [-0.15, -0.1) is 0 Å². The molecule has 0 bridgehead atoms. The summed E-state index contributed by atoms with van der Waals surface area (Å²) in [6, 6.07) is 167. The van der Waals surface area contributed by atoms with Crippen LogP contribution in [0, 0.1) is 0 Å². The van der Waals surface area contributed by atoms with E-state index in [9.17, 15) is 0 Å². The smallest absolute Gasteiger partial charge is 0.303 e. The lowest BCUT2D eigenvalue weighted by Gasteiger charge is -1.99. The molecule has 0 saturated carbocycles. The molecule has 0 atom stereocenters. The fourth-order valence-corrected chi connectivity index (χ4v) is 15.5. The molecule has 21 nitrogen and oxygen atoms in total. The van der Waals surface area contributed by atoms with Gasteiger partial charge in [0.05, 0.1) is 99.3 Å². The summed E-state index contributed by atoms with van der Waals surface area (Å²) in [7, 11) is -13.9. The predicted molar refractivity (Wildman–Crippen MR) is 576 cm³/mol. The van der Waals surface area contributed by atoms with E-state index in [1.807, 2.05) is 328 Å². The van der Waals surface area contributed by atoms with Gasteiger partial charge < -0.3 is 44.0 Å². The van der Waals surface area contributed by atoms with Gasteiger partial charge in [0.2, 0.25) is 0 Å². The van der Waals surface area contributed by atoms with E-state index >= 15 is 0 Å². The average Bonchev–Trinajstić information content (AvgIpc) is 0.855. The second kappa shape index (κ2) is 46.4. The number of aromatic nitrogens is 9. The Bertz CT molecular complexity index is 6630. The van der Waals surface area contributed by atoms with Gasteiger partial charge in [0.1, 0.15) is 0 Å². The summed E-state index contributed by atoms with van der Waals surface area (Å²) in [4.78, 5) is 106. The largest absolute Gasteiger partial charge is 0.466 e. The maximum Gasteiger partial charge on any atom is 0.466 e. The Morgan fingerprint density at radius 1 is 0.106 bits per heavy atom. The number of phosphoric acid groups is 3. The standard InChI is InChI=1S/9C13H9N.3H3O4P/c9*1-3-7-12-10(5-1)9-11-6-2-4-8-13(11)14-12;3*1-5(2,3)4/h9*1-9H;3*(H3,1,2,3,4). The SMILES string of the molecule is O=P(O)(O)O.O=P(O)(O)O.O=P(O)(O)O.c1ccc2nc3ccccc3cc2c1.c1ccc2nc3ccccc3cc2c1.c1ccc2nc3ccccc3cc2c1.c1ccc2nc3ccccc3cc2c1.c1ccc2nc3ccccc3cc2c1.c1ccc2nc3ccccc3cc2c1.c1ccc2nc3ccccc3cc2c1.c1ccc2nc3ccccc3cc2c1.c1ccc2nc3ccccc3cc2c1. The van der Waals surface area contributed by atoms with Crippen molar-refractivity contribution in [3.63, 3.8) is 0 Å². The summed E-state index contributed by atoms with van der Waals surface area (Å²) in [5.74, 6) is 0. The molecule has 0 spiro atoms. The summed E-state index contributed by atoms with van der Waals surface area (Å²) in [6.45, 7) is 0. The van der Waals surface area contributed by atoms with Gasteiger partial charge in [-0.3, -0.25) is 0 Å². The van der Waals surface area contributed by atoms with Crippen LogP contribution in [0.4, 0.5) is 0 Å². The maximum atomic E-state index is 8.88. The van der Waals surface area contributed by atoms with Crippen molar-refractivity contribution in [1.82, 2.24) is 44.9 Å². The molecule has 141 heavy (non-hydrogen) atoms. The number of fused-ring (bicyclic) bond motifs is 18. The van der Waals surface area contributed by atoms with E-state index in [-0.39, 0.29) is 0 Å². The van der Waals surface area contributed by atoms with Crippen molar-refractivity contribution in [1.29, 1.82) is 0 Å². The van der Waals surface area contributed by atoms with Crippen molar-refractivity contribution in [3.05, 3.63) is 491 Å². The Labute approximate surface area is 808 Å². The van der Waals surface area contributed by atoms with Crippen molar-refractivity contribution in [2.24, 2.45) is 0 Å². The molecule has 9 N–H and O–H groups in total. The van der Waals surface area contributed by atoms with E-state index in [4.69, 9.17) is 57.7 Å². The van der Waals surface area contributed by atoms with Gasteiger partial charge in [-0.05, 0) is 164 Å². The third-order valence-corrected chi connectivity index (χ3v) is 21.8. The summed E-state index contributed by atoms with van der Waals surface area (Å²) < 4.78 is 26.6. The van der Waals surface area contributed by atoms with Crippen molar-refractivity contribution in [2.45, 2.75) is 0 Å². The number of rotatable bonds is 0. The van der Waals surface area contributed by atoms with E-state index in [2.05, 4.69) is 209 Å². The van der Waals surface area contributed by atoms with E-state index in [0.717, 1.165) is 99.3 Å². The molecule has 0 aliphatic heterocycles. The van der Waals surface area contributed by atoms with Crippen LogP contribution >= 0.6 is 23.5 Å². The Hall–Kier alpha value is -16.7. The molecule has 27 aromatic rings. The lowest BCUT2D eigenvalue weighted by Crippen LogP contribution is -1.80. The van der Waals surface area contributed by atoms with E-state index in [1.165, 1.54) is 97.0 Å². The molecule has 9 heterocycles. The fraction of sp³-hybridized carbons (Fsp3) is 0. The summed E-state index contributed by atoms with van der Waals surface area (Å²) >= 11 is 0. The van der Waals surface area contributed by atoms with Crippen LogP contribution < -0.4 is 0 Å². The van der Waals surface area contributed by atoms with Crippen LogP contribution in [-0.4, -0.2) is 88.9 Å². The van der Waals surface area contributed by atoms with Gasteiger partial charge in [-0.25, -0.2) is 58.6 Å². The first-order valence-electron chi connectivity index (χ1n) is 44.5. The highest BCUT2D eigenvalue weighted by molar-refractivity contribution is 7.45. The van der Waals surface area contributed by atoms with Gasteiger partial charge in [0, 0.05) is 97.0 Å². The Balaban J connectivity index is 0.000000112. The van der Waals surface area contributed by atoms with Crippen molar-refractivity contribution in [3.8, 4) is 0 Å². The second-order valence-electron chi connectivity index (χ2n) is 31.9. The van der Waals surface area contributed by atoms with Crippen LogP contribution in [0.3, 0.4) is 0 Å².